The Bertz CT molecular complexity index is 898. The minimum Gasteiger partial charge on any atom is -0.342 e. The van der Waals surface area contributed by atoms with Crippen molar-refractivity contribution in [3.05, 3.63) is 70.2 Å². The lowest BCUT2D eigenvalue weighted by Crippen LogP contribution is -2.66. The highest BCUT2D eigenvalue weighted by atomic mass is 35.5. The van der Waals surface area contributed by atoms with Gasteiger partial charge in [-0.15, -0.1) is 0 Å². The summed E-state index contributed by atoms with van der Waals surface area (Å²) in [4.78, 5) is 28.8. The van der Waals surface area contributed by atoms with Crippen molar-refractivity contribution in [1.82, 2.24) is 10.2 Å². The molecule has 158 valence electrons. The zero-order chi connectivity index (χ0) is 21.3. The van der Waals surface area contributed by atoms with Crippen molar-refractivity contribution < 1.29 is 9.59 Å². The van der Waals surface area contributed by atoms with Crippen LogP contribution in [0.2, 0.25) is 5.02 Å². The van der Waals surface area contributed by atoms with Crippen molar-refractivity contribution in [2.45, 2.75) is 58.2 Å². The van der Waals surface area contributed by atoms with Gasteiger partial charge in [0.1, 0.15) is 12.1 Å². The molecular formula is C25H29ClN2O2. The van der Waals surface area contributed by atoms with Gasteiger partial charge in [-0.3, -0.25) is 9.59 Å². The van der Waals surface area contributed by atoms with Crippen LogP contribution in [0.5, 0.6) is 0 Å². The zero-order valence-electron chi connectivity index (χ0n) is 17.6. The van der Waals surface area contributed by atoms with Crippen molar-refractivity contribution in [2.24, 2.45) is 11.8 Å². The van der Waals surface area contributed by atoms with Crippen molar-refractivity contribution in [2.75, 3.05) is 0 Å². The molecule has 1 aliphatic heterocycles. The second kappa shape index (κ2) is 8.81. The molecule has 1 N–H and O–H groups in total. The highest BCUT2D eigenvalue weighted by molar-refractivity contribution is 6.30. The summed E-state index contributed by atoms with van der Waals surface area (Å²) in [5, 5.41) is 3.78. The largest absolute Gasteiger partial charge is 0.342 e. The number of fused-ring (bicyclic) bond motifs is 1. The lowest BCUT2D eigenvalue weighted by atomic mass is 9.86. The van der Waals surface area contributed by atoms with E-state index in [0.29, 0.717) is 11.6 Å². The summed E-state index contributed by atoms with van der Waals surface area (Å²) in [6.45, 7) is 4.61. The summed E-state index contributed by atoms with van der Waals surface area (Å²) < 4.78 is 0. The molecule has 2 amide bonds. The number of benzene rings is 2. The third-order valence-electron chi connectivity index (χ3n) is 6.77. The Morgan fingerprint density at radius 3 is 2.17 bits per heavy atom. The topological polar surface area (TPSA) is 49.4 Å². The fourth-order valence-corrected chi connectivity index (χ4v) is 5.20. The highest BCUT2D eigenvalue weighted by Crippen LogP contribution is 2.33. The number of piperazine rings is 1. The van der Waals surface area contributed by atoms with Crippen molar-refractivity contribution in [3.8, 4) is 0 Å². The predicted molar refractivity (Wildman–Crippen MR) is 119 cm³/mol. The van der Waals surface area contributed by atoms with Gasteiger partial charge in [-0.05, 0) is 53.5 Å². The van der Waals surface area contributed by atoms with E-state index in [9.17, 15) is 9.59 Å². The molecule has 0 spiro atoms. The summed E-state index contributed by atoms with van der Waals surface area (Å²) in [5.74, 6) is 0.273. The van der Waals surface area contributed by atoms with Gasteiger partial charge in [-0.25, -0.2) is 0 Å². The van der Waals surface area contributed by atoms with Crippen LogP contribution in [0.3, 0.4) is 0 Å². The minimum absolute atomic E-state index is 0.0155. The number of hydrogen-bond acceptors (Lipinski definition) is 2. The first-order chi connectivity index (χ1) is 14.5. The van der Waals surface area contributed by atoms with Crippen LogP contribution in [0.25, 0.3) is 0 Å². The van der Waals surface area contributed by atoms with E-state index < -0.39 is 12.1 Å². The Labute approximate surface area is 183 Å². The Morgan fingerprint density at radius 1 is 1.00 bits per heavy atom. The second-order valence-corrected chi connectivity index (χ2v) is 8.97. The van der Waals surface area contributed by atoms with E-state index >= 15 is 0 Å². The molecule has 0 bridgehead atoms. The maximum absolute atomic E-state index is 13.7. The first kappa shape index (κ1) is 20.9. The van der Waals surface area contributed by atoms with Crippen LogP contribution in [-0.4, -0.2) is 28.8 Å². The van der Waals surface area contributed by atoms with E-state index in [4.69, 9.17) is 11.6 Å². The molecule has 1 heterocycles. The van der Waals surface area contributed by atoms with E-state index in [-0.39, 0.29) is 23.7 Å². The molecule has 1 fully saturated rings. The monoisotopic (exact) mass is 424 g/mol. The molecule has 0 saturated carbocycles. The van der Waals surface area contributed by atoms with Crippen molar-refractivity contribution in [3.63, 3.8) is 0 Å². The molecule has 0 unspecified atom stereocenters. The fourth-order valence-electron chi connectivity index (χ4n) is 5.07. The molecule has 0 aromatic heterocycles. The Balaban J connectivity index is 1.62. The number of nitrogens with zero attached hydrogens (tertiary/aromatic N) is 1. The van der Waals surface area contributed by atoms with E-state index in [0.717, 1.165) is 31.2 Å². The van der Waals surface area contributed by atoms with Crippen LogP contribution in [0.4, 0.5) is 0 Å². The molecule has 2 atom stereocenters. The van der Waals surface area contributed by atoms with Crippen LogP contribution < -0.4 is 5.32 Å². The SMILES string of the molecule is CCC(CC)[C@@H]1C(=O)N[C@H](C2Cc3ccccc3C2)C(=O)N1Cc1ccc(Cl)cc1. The fraction of sp³-hybridized carbons (Fsp3) is 0.440. The van der Waals surface area contributed by atoms with Crippen molar-refractivity contribution >= 4 is 23.4 Å². The molecule has 0 radical (unpaired) electrons. The van der Waals surface area contributed by atoms with Gasteiger partial charge < -0.3 is 10.2 Å². The molecule has 2 aromatic carbocycles. The number of hydrogen-bond donors (Lipinski definition) is 1. The summed E-state index contributed by atoms with van der Waals surface area (Å²) in [6.07, 6.45) is 3.38. The lowest BCUT2D eigenvalue weighted by molar-refractivity contribution is -0.154. The summed E-state index contributed by atoms with van der Waals surface area (Å²) in [6, 6.07) is 15.0. The number of amides is 2. The molecule has 2 aromatic rings. The van der Waals surface area contributed by atoms with E-state index in [2.05, 4.69) is 31.3 Å². The quantitative estimate of drug-likeness (QED) is 0.747. The van der Waals surface area contributed by atoms with Crippen LogP contribution >= 0.6 is 11.6 Å². The van der Waals surface area contributed by atoms with Gasteiger partial charge in [0.25, 0.3) is 0 Å². The molecule has 5 heteroatoms. The van der Waals surface area contributed by atoms with Crippen molar-refractivity contribution in [1.29, 1.82) is 0 Å². The minimum atomic E-state index is -0.470. The molecule has 30 heavy (non-hydrogen) atoms. The summed E-state index contributed by atoms with van der Waals surface area (Å²) in [5.41, 5.74) is 3.57. The number of nitrogens with one attached hydrogen (secondary N) is 1. The van der Waals surface area contributed by atoms with Gasteiger partial charge in [0, 0.05) is 11.6 Å². The molecule has 1 saturated heterocycles. The zero-order valence-corrected chi connectivity index (χ0v) is 18.4. The third-order valence-corrected chi connectivity index (χ3v) is 7.02. The van der Waals surface area contributed by atoms with Crippen LogP contribution in [0.1, 0.15) is 43.4 Å². The molecule has 4 rings (SSSR count). The number of rotatable bonds is 6. The highest BCUT2D eigenvalue weighted by Gasteiger charge is 2.46. The third kappa shape index (κ3) is 3.98. The van der Waals surface area contributed by atoms with E-state index in [1.165, 1.54) is 11.1 Å². The van der Waals surface area contributed by atoms with Gasteiger partial charge in [0.2, 0.25) is 11.8 Å². The second-order valence-electron chi connectivity index (χ2n) is 8.54. The first-order valence-corrected chi connectivity index (χ1v) is 11.3. The summed E-state index contributed by atoms with van der Waals surface area (Å²) in [7, 11) is 0. The molecule has 4 nitrogen and oxygen atoms in total. The van der Waals surface area contributed by atoms with E-state index in [1.807, 2.05) is 41.3 Å². The van der Waals surface area contributed by atoms with Gasteiger partial charge in [0.15, 0.2) is 0 Å². The molecular weight excluding hydrogens is 396 g/mol. The normalized spacial score (nSPS) is 21.8. The van der Waals surface area contributed by atoms with E-state index in [1.54, 1.807) is 0 Å². The first-order valence-electron chi connectivity index (χ1n) is 10.9. The van der Waals surface area contributed by atoms with Gasteiger partial charge in [-0.2, -0.15) is 0 Å². The molecule has 1 aliphatic carbocycles. The van der Waals surface area contributed by atoms with Crippen LogP contribution in [0.15, 0.2) is 48.5 Å². The Kier molecular flexibility index (Phi) is 6.14. The van der Waals surface area contributed by atoms with Gasteiger partial charge in [0.05, 0.1) is 0 Å². The predicted octanol–water partition coefficient (Wildman–Crippen LogP) is 4.39. The number of carbonyl (C=O) groups excluding carboxylic acids is 2. The van der Waals surface area contributed by atoms with Gasteiger partial charge in [-0.1, -0.05) is 74.7 Å². The average molecular weight is 425 g/mol. The van der Waals surface area contributed by atoms with Crippen LogP contribution in [-0.2, 0) is 29.0 Å². The number of halogens is 1. The molecule has 2 aliphatic rings. The summed E-state index contributed by atoms with van der Waals surface area (Å²) >= 11 is 6.04. The maximum atomic E-state index is 13.7. The lowest BCUT2D eigenvalue weighted by Gasteiger charge is -2.43. The Hall–Kier alpha value is -2.33. The smallest absolute Gasteiger partial charge is 0.246 e. The van der Waals surface area contributed by atoms with Gasteiger partial charge >= 0.3 is 0 Å². The average Bonchev–Trinajstić information content (AvgIpc) is 3.18. The number of carbonyl (C=O) groups is 2. The standard InChI is InChI=1S/C25H29ClN2O2/c1-3-17(4-2)23-24(29)27-22(20-13-18-7-5-6-8-19(18)14-20)25(30)28(23)15-16-9-11-21(26)12-10-16/h5-12,17,20,22-23H,3-4,13-15H2,1-2H3,(H,27,29)/t22-,23-/m1/s1. The van der Waals surface area contributed by atoms with Crippen LogP contribution in [0, 0.1) is 11.8 Å². The maximum Gasteiger partial charge on any atom is 0.246 e. The Morgan fingerprint density at radius 2 is 1.60 bits per heavy atom.